The van der Waals surface area contributed by atoms with Gasteiger partial charge in [-0.25, -0.2) is 0 Å². The number of rotatable bonds is 6. The van der Waals surface area contributed by atoms with E-state index in [2.05, 4.69) is 79.5 Å². The third kappa shape index (κ3) is 5.94. The summed E-state index contributed by atoms with van der Waals surface area (Å²) in [4.78, 5) is 18.8. The zero-order valence-electron chi connectivity index (χ0n) is 18.5. The molecule has 0 aliphatic carbocycles. The molecule has 0 spiro atoms. The number of hydrogen-bond donors (Lipinski definition) is 1. The second-order valence-electron chi connectivity index (χ2n) is 8.65. The van der Waals surface area contributed by atoms with Crippen LogP contribution in [0.4, 0.5) is 5.69 Å². The normalized spacial score (nSPS) is 16.4. The van der Waals surface area contributed by atoms with Crippen molar-refractivity contribution in [2.45, 2.75) is 47.5 Å². The van der Waals surface area contributed by atoms with E-state index in [1.54, 1.807) is 6.20 Å². The van der Waals surface area contributed by atoms with Gasteiger partial charge in [0, 0.05) is 0 Å². The molecule has 0 saturated heterocycles. The van der Waals surface area contributed by atoms with E-state index in [4.69, 9.17) is 4.74 Å². The molecule has 4 rings (SSSR count). The number of nitrogens with one attached hydrogen (secondary N) is 1. The number of benzene rings is 2. The molecule has 1 amide bonds. The van der Waals surface area contributed by atoms with Gasteiger partial charge >= 0.3 is 214 Å². The van der Waals surface area contributed by atoms with Crippen LogP contribution in [-0.2, 0) is 29.5 Å². The van der Waals surface area contributed by atoms with Gasteiger partial charge < -0.3 is 0 Å². The second-order valence-corrected chi connectivity index (χ2v) is 21.7. The molecule has 1 aromatic heterocycles. The molecule has 1 unspecified atom stereocenters. The molecule has 1 aliphatic heterocycles. The van der Waals surface area contributed by atoms with Crippen LogP contribution in [0.5, 0.6) is 5.88 Å². The van der Waals surface area contributed by atoms with Crippen LogP contribution in [0.15, 0.2) is 70.2 Å². The number of ether oxygens (including phenoxy) is 1. The number of pyridine rings is 1. The number of anilines is 1. The van der Waals surface area contributed by atoms with Gasteiger partial charge in [-0.1, -0.05) is 0 Å². The van der Waals surface area contributed by atoms with Gasteiger partial charge in [0.1, 0.15) is 0 Å². The quantitative estimate of drug-likeness (QED) is 0.281. The van der Waals surface area contributed by atoms with E-state index in [9.17, 15) is 4.79 Å². The first kappa shape index (κ1) is 23.8. The molecular weight excluding hydrogens is 673 g/mol. The summed E-state index contributed by atoms with van der Waals surface area (Å²) in [6.45, 7) is 6.45. The van der Waals surface area contributed by atoms with Gasteiger partial charge in [0.15, 0.2) is 0 Å². The van der Waals surface area contributed by atoms with Gasteiger partial charge in [-0.15, -0.1) is 0 Å². The summed E-state index contributed by atoms with van der Waals surface area (Å²) in [5, 5.41) is 2.96. The van der Waals surface area contributed by atoms with Crippen LogP contribution in [0.3, 0.4) is 0 Å². The Labute approximate surface area is 212 Å². The molecule has 0 bridgehead atoms. The summed E-state index contributed by atoms with van der Waals surface area (Å²) in [5.74, 6) is 0.541. The number of carbonyl (C=O) groups is 1. The van der Waals surface area contributed by atoms with Crippen molar-refractivity contribution < 1.29 is 32.6 Å². The molecule has 4 nitrogen and oxygen atoms in total. The van der Waals surface area contributed by atoms with E-state index in [-0.39, 0.29) is 11.5 Å². The van der Waals surface area contributed by atoms with Crippen LogP contribution in [-0.4, -0.2) is 16.5 Å². The van der Waals surface area contributed by atoms with Gasteiger partial charge in [0.2, 0.25) is 0 Å². The van der Waals surface area contributed by atoms with Crippen LogP contribution >= 0.6 is 24.2 Å². The summed E-state index contributed by atoms with van der Waals surface area (Å²) in [6.07, 6.45) is 3.66. The number of hydrogen-bond acceptors (Lipinski definition) is 4. The number of carbonyl (C=O) groups excluding carboxylic acids is 1. The van der Waals surface area contributed by atoms with Gasteiger partial charge in [-0.05, 0) is 0 Å². The van der Waals surface area contributed by atoms with Gasteiger partial charge in [0.05, 0.1) is 0 Å². The van der Waals surface area contributed by atoms with Crippen molar-refractivity contribution in [3.8, 4) is 5.88 Å². The minimum atomic E-state index is -1.46. The molecule has 7 heteroatoms. The predicted octanol–water partition coefficient (Wildman–Crippen LogP) is 7.05. The number of fused-ring (bicyclic) bond motifs is 1. The first-order valence-electron chi connectivity index (χ1n) is 10.8. The Balaban J connectivity index is 1.53. The Hall–Kier alpha value is -1.37. The molecule has 1 aliphatic rings. The molecular formula is C25H25BrHgN2O2S. The number of nitrogens with zero attached hydrogens (tertiary/aromatic N) is 1. The number of halogens is 1. The van der Waals surface area contributed by atoms with Crippen LogP contribution in [0.25, 0.3) is 0 Å². The SMILES string of the molecule is CCc1ccc([S][Hg][CH]2CC(C)(C)Oc3ncc(C(=O)Nc4ccc(Br)cc4)cc32)cc1. The van der Waals surface area contributed by atoms with Crippen molar-refractivity contribution in [2.75, 3.05) is 5.32 Å². The Morgan fingerprint density at radius 2 is 1.94 bits per heavy atom. The van der Waals surface area contributed by atoms with Crippen molar-refractivity contribution >= 4 is 35.8 Å². The zero-order valence-corrected chi connectivity index (χ0v) is 26.4. The van der Waals surface area contributed by atoms with Gasteiger partial charge in [0.25, 0.3) is 0 Å². The molecule has 2 aromatic carbocycles. The average Bonchev–Trinajstić information content (AvgIpc) is 2.78. The maximum absolute atomic E-state index is 12.9. The van der Waals surface area contributed by atoms with E-state index in [1.165, 1.54) is 10.5 Å². The van der Waals surface area contributed by atoms with Crippen LogP contribution in [0.2, 0.25) is 0 Å². The molecule has 0 saturated carbocycles. The Morgan fingerprint density at radius 3 is 2.62 bits per heavy atom. The standard InChI is InChI=1S/C17H16BrN2O2.C8H10S.Hg/c1-17(2)8-7-11-9-12(10-19-16(11)22-17)15(21)20-14-5-3-13(18)4-6-14;1-2-7-3-5-8(9)6-4-7;/h3-7,9-10H,8H2,1-2H3,(H,20,21);3-6,9H,2H2,1H3;/q;;+1/p-1. The Bertz CT molecular complexity index is 1100. The summed E-state index contributed by atoms with van der Waals surface area (Å²) < 4.78 is 7.62. The summed E-state index contributed by atoms with van der Waals surface area (Å²) in [6, 6.07) is 18.5. The van der Waals surface area contributed by atoms with Crippen LogP contribution < -0.4 is 10.1 Å². The van der Waals surface area contributed by atoms with Crippen LogP contribution in [0.1, 0.15) is 52.1 Å². The van der Waals surface area contributed by atoms with Crippen LogP contribution in [0, 0.1) is 0 Å². The third-order valence-corrected chi connectivity index (χ3v) is 20.6. The van der Waals surface area contributed by atoms with E-state index in [1.807, 2.05) is 30.3 Å². The minimum absolute atomic E-state index is 0.148. The second kappa shape index (κ2) is 10.3. The molecule has 32 heavy (non-hydrogen) atoms. The number of amides is 1. The third-order valence-electron chi connectivity index (χ3n) is 5.58. The van der Waals surface area contributed by atoms with Crippen molar-refractivity contribution in [3.05, 3.63) is 82.0 Å². The van der Waals surface area contributed by atoms with Gasteiger partial charge in [-0.3, -0.25) is 0 Å². The molecule has 0 radical (unpaired) electrons. The van der Waals surface area contributed by atoms with E-state index in [0.717, 1.165) is 28.6 Å². The van der Waals surface area contributed by atoms with E-state index >= 15 is 0 Å². The monoisotopic (exact) mass is 698 g/mol. The topological polar surface area (TPSA) is 51.2 Å². The van der Waals surface area contributed by atoms with Crippen molar-refractivity contribution in [1.29, 1.82) is 0 Å². The van der Waals surface area contributed by atoms with Gasteiger partial charge in [-0.2, -0.15) is 0 Å². The van der Waals surface area contributed by atoms with Crippen molar-refractivity contribution in [3.63, 3.8) is 0 Å². The fourth-order valence-electron chi connectivity index (χ4n) is 3.88. The fraction of sp³-hybridized carbons (Fsp3) is 0.280. The zero-order chi connectivity index (χ0) is 22.7. The molecule has 0 fully saturated rings. The number of aromatic nitrogens is 1. The predicted molar refractivity (Wildman–Crippen MR) is 130 cm³/mol. The van der Waals surface area contributed by atoms with E-state index in [0.29, 0.717) is 14.9 Å². The summed E-state index contributed by atoms with van der Waals surface area (Å²) in [7, 11) is 2.06. The van der Waals surface area contributed by atoms with Crippen molar-refractivity contribution in [2.24, 2.45) is 0 Å². The number of aryl methyl sites for hydroxylation is 1. The first-order chi connectivity index (χ1) is 15.3. The summed E-state index contributed by atoms with van der Waals surface area (Å²) >= 11 is 1.96. The van der Waals surface area contributed by atoms with E-state index < -0.39 is 23.1 Å². The molecule has 2 heterocycles. The molecule has 1 atom stereocenters. The summed E-state index contributed by atoms with van der Waals surface area (Å²) in [5.41, 5.74) is 3.57. The first-order valence-corrected chi connectivity index (χ1v) is 22.5. The average molecular weight is 698 g/mol. The maximum atomic E-state index is 12.9. The molecule has 3 aromatic rings. The molecule has 1 N–H and O–H groups in total. The fourth-order valence-corrected chi connectivity index (χ4v) is 19.3. The van der Waals surface area contributed by atoms with Crippen molar-refractivity contribution in [1.82, 2.24) is 4.98 Å². The Morgan fingerprint density at radius 1 is 1.22 bits per heavy atom. The Kier molecular flexibility index (Phi) is 7.63. The molecule has 162 valence electrons.